The van der Waals surface area contributed by atoms with Gasteiger partial charge in [-0.15, -0.1) is 0 Å². The Morgan fingerprint density at radius 1 is 0.818 bits per heavy atom. The van der Waals surface area contributed by atoms with Gasteiger partial charge in [-0.2, -0.15) is 0 Å². The number of nitrogens with one attached hydrogen (secondary N) is 1. The molecule has 1 aromatic heterocycles. The van der Waals surface area contributed by atoms with E-state index in [0.717, 1.165) is 10.8 Å². The van der Waals surface area contributed by atoms with Crippen LogP contribution in [0.2, 0.25) is 0 Å². The summed E-state index contributed by atoms with van der Waals surface area (Å²) in [4.78, 5) is 26.7. The highest BCUT2D eigenvalue weighted by Crippen LogP contribution is 2.33. The first-order valence-corrected chi connectivity index (χ1v) is 10.7. The van der Waals surface area contributed by atoms with E-state index in [1.165, 1.54) is 0 Å². The monoisotopic (exact) mass is 435 g/mol. The van der Waals surface area contributed by atoms with Crippen LogP contribution in [0.1, 0.15) is 33.4 Å². The molecule has 0 spiro atoms. The topological polar surface area (TPSA) is 68.5 Å². The van der Waals surface area contributed by atoms with Gasteiger partial charge in [0.15, 0.2) is 5.76 Å². The molecule has 4 aromatic carbocycles. The molecule has 0 aliphatic rings. The number of benzene rings is 4. The molecule has 0 fully saturated rings. The number of fused-ring (bicyclic) bond motifs is 2. The molecular formula is C28H21NO4. The lowest BCUT2D eigenvalue weighted by Crippen LogP contribution is -2.14. The molecule has 0 bridgehead atoms. The number of hydrogen-bond donors (Lipinski definition) is 1. The first-order chi connectivity index (χ1) is 16.2. The van der Waals surface area contributed by atoms with Crippen molar-refractivity contribution < 1.29 is 18.7 Å². The van der Waals surface area contributed by atoms with Gasteiger partial charge in [-0.1, -0.05) is 48.5 Å². The summed E-state index contributed by atoms with van der Waals surface area (Å²) in [6, 6.07) is 27.4. The Bertz CT molecular complexity index is 1480. The Hall–Kier alpha value is -4.38. The van der Waals surface area contributed by atoms with Crippen molar-refractivity contribution in [3.05, 3.63) is 108 Å². The fourth-order valence-corrected chi connectivity index (χ4v) is 3.93. The fraction of sp³-hybridized carbons (Fsp3) is 0.0714. The van der Waals surface area contributed by atoms with Crippen molar-refractivity contribution in [1.29, 1.82) is 0 Å². The first kappa shape index (κ1) is 20.5. The third-order valence-electron chi connectivity index (χ3n) is 5.50. The van der Waals surface area contributed by atoms with Crippen LogP contribution in [-0.4, -0.2) is 18.3 Å². The predicted octanol–water partition coefficient (Wildman–Crippen LogP) is 6.47. The number of carbonyl (C=O) groups excluding carboxylic acids is 2. The Morgan fingerprint density at radius 3 is 2.30 bits per heavy atom. The van der Waals surface area contributed by atoms with Gasteiger partial charge in [-0.25, -0.2) is 0 Å². The average molecular weight is 435 g/mol. The van der Waals surface area contributed by atoms with Crippen molar-refractivity contribution in [2.45, 2.75) is 6.92 Å². The minimum Gasteiger partial charge on any atom is -0.494 e. The molecule has 1 heterocycles. The number of para-hydroxylation sites is 1. The number of rotatable bonds is 6. The van der Waals surface area contributed by atoms with E-state index in [2.05, 4.69) is 5.32 Å². The highest BCUT2D eigenvalue weighted by atomic mass is 16.5. The van der Waals surface area contributed by atoms with Crippen LogP contribution in [0.4, 0.5) is 5.69 Å². The van der Waals surface area contributed by atoms with Crippen LogP contribution in [0.25, 0.3) is 21.7 Å². The van der Waals surface area contributed by atoms with Crippen molar-refractivity contribution in [3.8, 4) is 5.75 Å². The SMILES string of the molecule is CCOc1ccc(C(=O)c2oc3ccccc3c2NC(=O)c2cccc3ccccc23)cc1. The molecule has 5 aromatic rings. The second-order valence-corrected chi connectivity index (χ2v) is 7.57. The van der Waals surface area contributed by atoms with Crippen molar-refractivity contribution >= 4 is 39.1 Å². The molecule has 0 saturated heterocycles. The summed E-state index contributed by atoms with van der Waals surface area (Å²) >= 11 is 0. The lowest BCUT2D eigenvalue weighted by atomic mass is 10.0. The summed E-state index contributed by atoms with van der Waals surface area (Å²) in [5.41, 5.74) is 1.86. The van der Waals surface area contributed by atoms with E-state index in [9.17, 15) is 9.59 Å². The maximum atomic E-state index is 13.4. The van der Waals surface area contributed by atoms with Gasteiger partial charge in [-0.05, 0) is 60.2 Å². The summed E-state index contributed by atoms with van der Waals surface area (Å²) in [7, 11) is 0. The lowest BCUT2D eigenvalue weighted by Gasteiger charge is -2.09. The summed E-state index contributed by atoms with van der Waals surface area (Å²) in [6.45, 7) is 2.44. The van der Waals surface area contributed by atoms with Crippen molar-refractivity contribution in [2.75, 3.05) is 11.9 Å². The zero-order valence-corrected chi connectivity index (χ0v) is 18.0. The average Bonchev–Trinajstić information content (AvgIpc) is 3.22. The van der Waals surface area contributed by atoms with Crippen LogP contribution >= 0.6 is 0 Å². The zero-order valence-electron chi connectivity index (χ0n) is 18.0. The number of carbonyl (C=O) groups is 2. The van der Waals surface area contributed by atoms with E-state index in [1.807, 2.05) is 61.5 Å². The van der Waals surface area contributed by atoms with Crippen molar-refractivity contribution in [1.82, 2.24) is 0 Å². The molecule has 1 amide bonds. The summed E-state index contributed by atoms with van der Waals surface area (Å²) in [6.07, 6.45) is 0. The molecule has 0 saturated carbocycles. The zero-order chi connectivity index (χ0) is 22.8. The normalized spacial score (nSPS) is 10.9. The van der Waals surface area contributed by atoms with Crippen LogP contribution in [0.5, 0.6) is 5.75 Å². The van der Waals surface area contributed by atoms with Gasteiger partial charge >= 0.3 is 0 Å². The fourth-order valence-electron chi connectivity index (χ4n) is 3.93. The van der Waals surface area contributed by atoms with Crippen LogP contribution in [0.15, 0.2) is 95.4 Å². The van der Waals surface area contributed by atoms with Crippen molar-refractivity contribution in [2.24, 2.45) is 0 Å². The van der Waals surface area contributed by atoms with Crippen LogP contribution in [-0.2, 0) is 0 Å². The molecule has 0 atom stereocenters. The highest BCUT2D eigenvalue weighted by Gasteiger charge is 2.24. The van der Waals surface area contributed by atoms with E-state index in [-0.39, 0.29) is 17.5 Å². The highest BCUT2D eigenvalue weighted by molar-refractivity contribution is 6.20. The molecule has 0 radical (unpaired) electrons. The Kier molecular flexibility index (Phi) is 5.37. The standard InChI is InChI=1S/C28H21NO4/c1-2-32-20-16-14-19(15-17-20)26(30)27-25(23-11-5-6-13-24(23)33-27)29-28(31)22-12-7-9-18-8-3-4-10-21(18)22/h3-17H,2H2,1H3,(H,29,31). The lowest BCUT2D eigenvalue weighted by molar-refractivity contribution is 0.101. The number of ether oxygens (including phenoxy) is 1. The van der Waals surface area contributed by atoms with Crippen molar-refractivity contribution in [3.63, 3.8) is 0 Å². The largest absolute Gasteiger partial charge is 0.494 e. The maximum Gasteiger partial charge on any atom is 0.256 e. The molecule has 0 aliphatic heterocycles. The first-order valence-electron chi connectivity index (χ1n) is 10.7. The smallest absolute Gasteiger partial charge is 0.256 e. The minimum absolute atomic E-state index is 0.0916. The molecule has 5 heteroatoms. The van der Waals surface area contributed by atoms with Gasteiger partial charge in [-0.3, -0.25) is 9.59 Å². The number of furan rings is 1. The van der Waals surface area contributed by atoms with Gasteiger partial charge < -0.3 is 14.5 Å². The van der Waals surface area contributed by atoms with E-state index in [0.29, 0.717) is 40.1 Å². The van der Waals surface area contributed by atoms with Gasteiger partial charge in [0.2, 0.25) is 5.78 Å². The van der Waals surface area contributed by atoms with Crippen LogP contribution < -0.4 is 10.1 Å². The van der Waals surface area contributed by atoms with Gasteiger partial charge in [0.1, 0.15) is 11.3 Å². The number of amides is 1. The Labute approximate surface area is 190 Å². The summed E-state index contributed by atoms with van der Waals surface area (Å²) in [5.74, 6) is 0.152. The van der Waals surface area contributed by atoms with Gasteiger partial charge in [0.25, 0.3) is 5.91 Å². The van der Waals surface area contributed by atoms with E-state index >= 15 is 0 Å². The van der Waals surface area contributed by atoms with Crippen LogP contribution in [0, 0.1) is 0 Å². The maximum absolute atomic E-state index is 13.4. The number of hydrogen-bond acceptors (Lipinski definition) is 4. The quantitative estimate of drug-likeness (QED) is 0.311. The summed E-state index contributed by atoms with van der Waals surface area (Å²) < 4.78 is 11.4. The molecule has 33 heavy (non-hydrogen) atoms. The molecule has 5 rings (SSSR count). The second kappa shape index (κ2) is 8.63. The molecule has 0 unspecified atom stereocenters. The van der Waals surface area contributed by atoms with Gasteiger partial charge in [0.05, 0.1) is 12.3 Å². The second-order valence-electron chi connectivity index (χ2n) is 7.57. The summed E-state index contributed by atoms with van der Waals surface area (Å²) in [5, 5.41) is 5.42. The predicted molar refractivity (Wildman–Crippen MR) is 129 cm³/mol. The van der Waals surface area contributed by atoms with E-state index in [1.54, 1.807) is 36.4 Å². The minimum atomic E-state index is -0.317. The molecule has 0 aliphatic carbocycles. The Morgan fingerprint density at radius 2 is 1.52 bits per heavy atom. The van der Waals surface area contributed by atoms with Crippen LogP contribution in [0.3, 0.4) is 0 Å². The Balaban J connectivity index is 1.56. The third kappa shape index (κ3) is 3.85. The molecule has 162 valence electrons. The van der Waals surface area contributed by atoms with Gasteiger partial charge in [0, 0.05) is 16.5 Å². The third-order valence-corrected chi connectivity index (χ3v) is 5.50. The number of ketones is 1. The van der Waals surface area contributed by atoms with E-state index < -0.39 is 0 Å². The number of anilines is 1. The van der Waals surface area contributed by atoms with E-state index in [4.69, 9.17) is 9.15 Å². The molecular weight excluding hydrogens is 414 g/mol. The molecule has 5 nitrogen and oxygen atoms in total. The molecule has 1 N–H and O–H groups in total.